The first-order valence-electron chi connectivity index (χ1n) is 6.66. The Balaban J connectivity index is 2.05. The van der Waals surface area contributed by atoms with Gasteiger partial charge in [-0.05, 0) is 42.0 Å². The molecule has 0 saturated heterocycles. The van der Waals surface area contributed by atoms with E-state index in [4.69, 9.17) is 0 Å². The number of aromatic nitrogens is 4. The molecule has 0 aliphatic heterocycles. The molecular weight excluding hydrogens is 275 g/mol. The Morgan fingerprint density at radius 2 is 2.29 bits per heavy atom. The van der Waals surface area contributed by atoms with Crippen molar-refractivity contribution >= 4 is 11.6 Å². The summed E-state index contributed by atoms with van der Waals surface area (Å²) in [6.45, 7) is 4.13. The molecule has 1 atom stereocenters. The van der Waals surface area contributed by atoms with Crippen molar-refractivity contribution in [3.63, 3.8) is 0 Å². The second-order valence-corrected chi connectivity index (χ2v) is 4.66. The number of benzene rings is 1. The summed E-state index contributed by atoms with van der Waals surface area (Å²) in [5.41, 5.74) is 0.658. The summed E-state index contributed by atoms with van der Waals surface area (Å²) in [4.78, 5) is 11.8. The van der Waals surface area contributed by atoms with Crippen LogP contribution in [-0.4, -0.2) is 38.7 Å². The van der Waals surface area contributed by atoms with Gasteiger partial charge in [0.2, 0.25) is 5.91 Å². The highest BCUT2D eigenvalue weighted by Crippen LogP contribution is 2.18. The van der Waals surface area contributed by atoms with Crippen LogP contribution >= 0.6 is 0 Å². The molecule has 1 amide bonds. The zero-order chi connectivity index (χ0) is 15.2. The first kappa shape index (κ1) is 15.0. The number of halogens is 1. The third-order valence-corrected chi connectivity index (χ3v) is 3.06. The highest BCUT2D eigenvalue weighted by molar-refractivity contribution is 5.92. The first-order valence-corrected chi connectivity index (χ1v) is 6.66. The van der Waals surface area contributed by atoms with Gasteiger partial charge in [-0.1, -0.05) is 6.92 Å². The van der Waals surface area contributed by atoms with Crippen molar-refractivity contribution < 1.29 is 9.18 Å². The predicted molar refractivity (Wildman–Crippen MR) is 75.5 cm³/mol. The highest BCUT2D eigenvalue weighted by atomic mass is 19.1. The summed E-state index contributed by atoms with van der Waals surface area (Å²) < 4.78 is 15.1. The molecule has 2 aromatic rings. The minimum Gasteiger partial charge on any atom is -0.322 e. The predicted octanol–water partition coefficient (Wildman–Crippen LogP) is 1.13. The van der Waals surface area contributed by atoms with Crippen LogP contribution in [0, 0.1) is 5.82 Å². The number of anilines is 1. The summed E-state index contributed by atoms with van der Waals surface area (Å²) in [5, 5.41) is 16.3. The Morgan fingerprint density at radius 3 is 2.95 bits per heavy atom. The lowest BCUT2D eigenvalue weighted by Crippen LogP contribution is -2.34. The van der Waals surface area contributed by atoms with Crippen molar-refractivity contribution in [1.29, 1.82) is 0 Å². The average Bonchev–Trinajstić information content (AvgIpc) is 3.01. The molecule has 8 heteroatoms. The molecule has 2 rings (SSSR count). The molecule has 0 radical (unpaired) electrons. The number of nitrogens with one attached hydrogen (secondary N) is 2. The molecule has 0 fully saturated rings. The molecule has 1 aromatic carbocycles. The Labute approximate surface area is 121 Å². The highest BCUT2D eigenvalue weighted by Gasteiger charge is 2.10. The Morgan fingerprint density at radius 1 is 1.48 bits per heavy atom. The molecule has 0 saturated carbocycles. The number of carbonyl (C=O) groups is 1. The molecule has 1 heterocycles. The third kappa shape index (κ3) is 4.06. The molecule has 0 aliphatic rings. The van der Waals surface area contributed by atoms with E-state index < -0.39 is 5.82 Å². The fraction of sp³-hybridized carbons (Fsp3) is 0.385. The SMILES string of the molecule is CCC(C)NCC(=O)Nc1cc(-n2cnnn2)ccc1F. The number of carbonyl (C=O) groups excluding carboxylic acids is 1. The summed E-state index contributed by atoms with van der Waals surface area (Å²) in [6, 6.07) is 4.49. The smallest absolute Gasteiger partial charge is 0.238 e. The van der Waals surface area contributed by atoms with Gasteiger partial charge in [0.05, 0.1) is 17.9 Å². The van der Waals surface area contributed by atoms with Crippen molar-refractivity contribution in [2.24, 2.45) is 0 Å². The summed E-state index contributed by atoms with van der Waals surface area (Å²) in [5.74, 6) is -0.813. The van der Waals surface area contributed by atoms with E-state index in [2.05, 4.69) is 26.2 Å². The number of amides is 1. The molecule has 112 valence electrons. The quantitative estimate of drug-likeness (QED) is 0.833. The van der Waals surface area contributed by atoms with Crippen LogP contribution in [0.4, 0.5) is 10.1 Å². The number of hydrogen-bond acceptors (Lipinski definition) is 5. The van der Waals surface area contributed by atoms with Gasteiger partial charge in [-0.2, -0.15) is 0 Å². The van der Waals surface area contributed by atoms with Crippen LogP contribution in [0.1, 0.15) is 20.3 Å². The topological polar surface area (TPSA) is 84.7 Å². The van der Waals surface area contributed by atoms with Crippen LogP contribution in [0.2, 0.25) is 0 Å². The molecule has 0 aliphatic carbocycles. The van der Waals surface area contributed by atoms with Crippen LogP contribution in [-0.2, 0) is 4.79 Å². The lowest BCUT2D eigenvalue weighted by Gasteiger charge is -2.12. The summed E-state index contributed by atoms with van der Waals surface area (Å²) in [6.07, 6.45) is 2.31. The molecule has 7 nitrogen and oxygen atoms in total. The first-order chi connectivity index (χ1) is 10.1. The largest absolute Gasteiger partial charge is 0.322 e. The van der Waals surface area contributed by atoms with Crippen LogP contribution in [0.3, 0.4) is 0 Å². The van der Waals surface area contributed by atoms with Crippen LogP contribution in [0.25, 0.3) is 5.69 Å². The number of tetrazole rings is 1. The van der Waals surface area contributed by atoms with Gasteiger partial charge < -0.3 is 10.6 Å². The Bertz CT molecular complexity index is 601. The van der Waals surface area contributed by atoms with Crippen molar-refractivity contribution in [1.82, 2.24) is 25.5 Å². The van der Waals surface area contributed by atoms with Gasteiger partial charge in [0.1, 0.15) is 12.1 Å². The van der Waals surface area contributed by atoms with Gasteiger partial charge in [-0.25, -0.2) is 9.07 Å². The minimum atomic E-state index is -0.510. The van der Waals surface area contributed by atoms with Crippen LogP contribution in [0.5, 0.6) is 0 Å². The lowest BCUT2D eigenvalue weighted by molar-refractivity contribution is -0.115. The molecule has 0 spiro atoms. The van der Waals surface area contributed by atoms with E-state index in [9.17, 15) is 9.18 Å². The minimum absolute atomic E-state index is 0.0963. The monoisotopic (exact) mass is 292 g/mol. The van der Waals surface area contributed by atoms with Gasteiger partial charge in [-0.15, -0.1) is 5.10 Å². The molecule has 21 heavy (non-hydrogen) atoms. The second kappa shape index (κ2) is 6.89. The second-order valence-electron chi connectivity index (χ2n) is 4.66. The number of rotatable bonds is 6. The summed E-state index contributed by atoms with van der Waals surface area (Å²) in [7, 11) is 0. The van der Waals surface area contributed by atoms with E-state index in [1.54, 1.807) is 0 Å². The lowest BCUT2D eigenvalue weighted by atomic mass is 10.2. The fourth-order valence-electron chi connectivity index (χ4n) is 1.64. The van der Waals surface area contributed by atoms with E-state index in [1.165, 1.54) is 29.2 Å². The number of hydrogen-bond donors (Lipinski definition) is 2. The molecule has 1 aromatic heterocycles. The number of nitrogens with zero attached hydrogens (tertiary/aromatic N) is 4. The van der Waals surface area contributed by atoms with E-state index in [0.717, 1.165) is 6.42 Å². The maximum atomic E-state index is 13.7. The standard InChI is InChI=1S/C13H17FN6O/c1-3-9(2)15-7-13(21)17-12-6-10(4-5-11(12)14)20-8-16-18-19-20/h4-6,8-9,15H,3,7H2,1-2H3,(H,17,21). The molecule has 1 unspecified atom stereocenters. The van der Waals surface area contributed by atoms with Gasteiger partial charge >= 0.3 is 0 Å². The van der Waals surface area contributed by atoms with Gasteiger partial charge in [-0.3, -0.25) is 4.79 Å². The normalized spacial score (nSPS) is 12.1. The van der Waals surface area contributed by atoms with Crippen molar-refractivity contribution in [2.45, 2.75) is 26.3 Å². The van der Waals surface area contributed by atoms with Crippen molar-refractivity contribution in [2.75, 3.05) is 11.9 Å². The third-order valence-electron chi connectivity index (χ3n) is 3.06. The van der Waals surface area contributed by atoms with Gasteiger partial charge in [0.25, 0.3) is 0 Å². The molecule has 0 bridgehead atoms. The van der Waals surface area contributed by atoms with E-state index in [0.29, 0.717) is 5.69 Å². The van der Waals surface area contributed by atoms with E-state index in [-0.39, 0.29) is 24.2 Å². The molecule has 2 N–H and O–H groups in total. The van der Waals surface area contributed by atoms with Crippen LogP contribution < -0.4 is 10.6 Å². The van der Waals surface area contributed by atoms with E-state index >= 15 is 0 Å². The maximum Gasteiger partial charge on any atom is 0.238 e. The fourth-order valence-corrected chi connectivity index (χ4v) is 1.64. The van der Waals surface area contributed by atoms with Crippen molar-refractivity contribution in [3.05, 3.63) is 30.3 Å². The molecular formula is C13H17FN6O. The zero-order valence-electron chi connectivity index (χ0n) is 11.9. The average molecular weight is 292 g/mol. The summed E-state index contributed by atoms with van der Waals surface area (Å²) >= 11 is 0. The van der Waals surface area contributed by atoms with Gasteiger partial charge in [0.15, 0.2) is 0 Å². The maximum absolute atomic E-state index is 13.7. The van der Waals surface area contributed by atoms with Gasteiger partial charge in [0, 0.05) is 6.04 Å². The van der Waals surface area contributed by atoms with Crippen LogP contribution in [0.15, 0.2) is 24.5 Å². The van der Waals surface area contributed by atoms with E-state index in [1.807, 2.05) is 13.8 Å². The Hall–Kier alpha value is -2.35. The Kier molecular flexibility index (Phi) is 4.94. The van der Waals surface area contributed by atoms with Crippen molar-refractivity contribution in [3.8, 4) is 5.69 Å². The zero-order valence-corrected chi connectivity index (χ0v) is 11.9.